The minimum Gasteiger partial charge on any atom is -0.468 e. The zero-order valence-electron chi connectivity index (χ0n) is 11.8. The van der Waals surface area contributed by atoms with E-state index in [1.54, 1.807) is 12.1 Å². The summed E-state index contributed by atoms with van der Waals surface area (Å²) in [7, 11) is -2.06. The van der Waals surface area contributed by atoms with Gasteiger partial charge in [0.25, 0.3) is 5.91 Å². The van der Waals surface area contributed by atoms with Crippen LogP contribution >= 0.6 is 0 Å². The first-order valence-corrected chi connectivity index (χ1v) is 8.13. The number of ether oxygens (including phenoxy) is 1. The monoisotopic (exact) mass is 312 g/mol. The van der Waals surface area contributed by atoms with Crippen LogP contribution in [0.5, 0.6) is 0 Å². The molecule has 2 rings (SSSR count). The standard InChI is InChI=1S/C13H16N2O5S/c1-20-12(16)8-14-13(17)10-3-4-11-9(7-10)5-6-15(11)21(2,18)19/h3-4,7H,5-6,8H2,1-2H3,(H,14,17). The van der Waals surface area contributed by atoms with Gasteiger partial charge in [-0.1, -0.05) is 0 Å². The van der Waals surface area contributed by atoms with Crippen LogP contribution < -0.4 is 9.62 Å². The third kappa shape index (κ3) is 3.33. The Hall–Kier alpha value is -2.09. The lowest BCUT2D eigenvalue weighted by molar-refractivity contribution is -0.139. The zero-order chi connectivity index (χ0) is 15.6. The van der Waals surface area contributed by atoms with Crippen LogP contribution in [0.1, 0.15) is 15.9 Å². The molecule has 0 unspecified atom stereocenters. The maximum Gasteiger partial charge on any atom is 0.325 e. The highest BCUT2D eigenvalue weighted by atomic mass is 32.2. The molecule has 0 atom stereocenters. The molecule has 8 heteroatoms. The van der Waals surface area contributed by atoms with Crippen molar-refractivity contribution in [3.8, 4) is 0 Å². The second-order valence-corrected chi connectivity index (χ2v) is 6.59. The van der Waals surface area contributed by atoms with Gasteiger partial charge in [-0.2, -0.15) is 0 Å². The number of hydrogen-bond donors (Lipinski definition) is 1. The molecule has 0 aromatic heterocycles. The van der Waals surface area contributed by atoms with Gasteiger partial charge in [-0.25, -0.2) is 8.42 Å². The molecule has 0 radical (unpaired) electrons. The Labute approximate surface area is 122 Å². The van der Waals surface area contributed by atoms with Crippen LogP contribution in [0.4, 0.5) is 5.69 Å². The maximum atomic E-state index is 11.9. The summed E-state index contributed by atoms with van der Waals surface area (Å²) in [5.74, 6) is -0.936. The summed E-state index contributed by atoms with van der Waals surface area (Å²) in [5, 5.41) is 2.44. The number of esters is 1. The number of benzene rings is 1. The second kappa shape index (κ2) is 5.72. The molecule has 1 aromatic rings. The second-order valence-electron chi connectivity index (χ2n) is 4.69. The molecule has 0 aliphatic carbocycles. The number of hydrogen-bond acceptors (Lipinski definition) is 5. The Balaban J connectivity index is 2.16. The number of methoxy groups -OCH3 is 1. The molecule has 0 saturated heterocycles. The van der Waals surface area contributed by atoms with Crippen molar-refractivity contribution >= 4 is 27.6 Å². The maximum absolute atomic E-state index is 11.9. The number of fused-ring (bicyclic) bond motifs is 1. The largest absolute Gasteiger partial charge is 0.468 e. The van der Waals surface area contributed by atoms with Crippen LogP contribution in [0.2, 0.25) is 0 Å². The SMILES string of the molecule is COC(=O)CNC(=O)c1ccc2c(c1)CCN2S(C)(=O)=O. The van der Waals surface area contributed by atoms with Gasteiger partial charge in [0, 0.05) is 12.1 Å². The summed E-state index contributed by atoms with van der Waals surface area (Å²) in [6.07, 6.45) is 1.71. The van der Waals surface area contributed by atoms with Gasteiger partial charge in [-0.05, 0) is 30.2 Å². The summed E-state index contributed by atoms with van der Waals surface area (Å²) in [5.41, 5.74) is 1.78. The molecular weight excluding hydrogens is 296 g/mol. The number of rotatable bonds is 4. The van der Waals surface area contributed by atoms with E-state index in [1.807, 2.05) is 0 Å². The minimum atomic E-state index is -3.30. The zero-order valence-corrected chi connectivity index (χ0v) is 12.6. The van der Waals surface area contributed by atoms with Crippen LogP contribution in [-0.4, -0.2) is 46.7 Å². The third-order valence-electron chi connectivity index (χ3n) is 3.22. The summed E-state index contributed by atoms with van der Waals surface area (Å²) in [6.45, 7) is 0.170. The van der Waals surface area contributed by atoms with E-state index in [2.05, 4.69) is 10.1 Å². The van der Waals surface area contributed by atoms with Crippen molar-refractivity contribution in [1.82, 2.24) is 5.32 Å². The molecule has 114 valence electrons. The van der Waals surface area contributed by atoms with E-state index in [9.17, 15) is 18.0 Å². The fourth-order valence-corrected chi connectivity index (χ4v) is 3.14. The molecule has 21 heavy (non-hydrogen) atoms. The predicted molar refractivity (Wildman–Crippen MR) is 76.7 cm³/mol. The van der Waals surface area contributed by atoms with Gasteiger partial charge in [0.1, 0.15) is 6.54 Å². The van der Waals surface area contributed by atoms with E-state index in [4.69, 9.17) is 0 Å². The molecule has 1 aliphatic rings. The van der Waals surface area contributed by atoms with Gasteiger partial charge >= 0.3 is 5.97 Å². The Morgan fingerprint density at radius 2 is 2.10 bits per heavy atom. The number of carbonyl (C=O) groups is 2. The molecule has 1 amide bonds. The highest BCUT2D eigenvalue weighted by Gasteiger charge is 2.26. The molecule has 1 aliphatic heterocycles. The molecule has 1 N–H and O–H groups in total. The Kier molecular flexibility index (Phi) is 4.17. The van der Waals surface area contributed by atoms with Crippen molar-refractivity contribution < 1.29 is 22.7 Å². The summed E-state index contributed by atoms with van der Waals surface area (Å²) < 4.78 is 29.0. The van der Waals surface area contributed by atoms with Gasteiger partial charge in [0.05, 0.1) is 19.1 Å². The first-order valence-electron chi connectivity index (χ1n) is 6.28. The van der Waals surface area contributed by atoms with Crippen LogP contribution in [0.3, 0.4) is 0 Å². The smallest absolute Gasteiger partial charge is 0.325 e. The Bertz CT molecular complexity index is 684. The summed E-state index contributed by atoms with van der Waals surface area (Å²) in [4.78, 5) is 22.9. The molecule has 0 fully saturated rings. The first kappa shape index (κ1) is 15.3. The molecule has 7 nitrogen and oxygen atoms in total. The van der Waals surface area contributed by atoms with Gasteiger partial charge in [-0.3, -0.25) is 13.9 Å². The number of carbonyl (C=O) groups excluding carboxylic acids is 2. The lowest BCUT2D eigenvalue weighted by Gasteiger charge is -2.16. The number of sulfonamides is 1. The van der Waals surface area contributed by atoms with E-state index in [0.29, 0.717) is 24.2 Å². The fraction of sp³-hybridized carbons (Fsp3) is 0.385. The summed E-state index contributed by atoms with van der Waals surface area (Å²) >= 11 is 0. The molecule has 0 bridgehead atoms. The van der Waals surface area contributed by atoms with Gasteiger partial charge in [-0.15, -0.1) is 0 Å². The highest BCUT2D eigenvalue weighted by Crippen LogP contribution is 2.30. The average molecular weight is 312 g/mol. The average Bonchev–Trinajstić information content (AvgIpc) is 2.87. The van der Waals surface area contributed by atoms with Crippen molar-refractivity contribution in [3.63, 3.8) is 0 Å². The molecule has 0 spiro atoms. The van der Waals surface area contributed by atoms with Crippen molar-refractivity contribution in [1.29, 1.82) is 0 Å². The normalized spacial score (nSPS) is 13.7. The van der Waals surface area contributed by atoms with Crippen LogP contribution in [0.15, 0.2) is 18.2 Å². The van der Waals surface area contributed by atoms with E-state index < -0.39 is 21.9 Å². The van der Waals surface area contributed by atoms with E-state index in [1.165, 1.54) is 17.5 Å². The van der Waals surface area contributed by atoms with Crippen LogP contribution in [0.25, 0.3) is 0 Å². The molecule has 1 aromatic carbocycles. The van der Waals surface area contributed by atoms with Crippen molar-refractivity contribution in [2.75, 3.05) is 30.8 Å². The minimum absolute atomic E-state index is 0.206. The van der Waals surface area contributed by atoms with Crippen molar-refractivity contribution in [2.45, 2.75) is 6.42 Å². The summed E-state index contributed by atoms with van der Waals surface area (Å²) in [6, 6.07) is 4.79. The quantitative estimate of drug-likeness (QED) is 0.785. The Morgan fingerprint density at radius 1 is 1.38 bits per heavy atom. The van der Waals surface area contributed by atoms with Gasteiger partial charge < -0.3 is 10.1 Å². The number of nitrogens with zero attached hydrogens (tertiary/aromatic N) is 1. The van der Waals surface area contributed by atoms with Gasteiger partial charge in [0.2, 0.25) is 10.0 Å². The predicted octanol–water partition coefficient (Wildman–Crippen LogP) is -0.0885. The van der Waals surface area contributed by atoms with E-state index in [0.717, 1.165) is 11.8 Å². The van der Waals surface area contributed by atoms with Gasteiger partial charge in [0.15, 0.2) is 0 Å². The number of nitrogens with one attached hydrogen (secondary N) is 1. The van der Waals surface area contributed by atoms with Crippen LogP contribution in [-0.2, 0) is 26.0 Å². The number of anilines is 1. The van der Waals surface area contributed by atoms with Crippen molar-refractivity contribution in [3.05, 3.63) is 29.3 Å². The lowest BCUT2D eigenvalue weighted by Crippen LogP contribution is -2.30. The topological polar surface area (TPSA) is 92.8 Å². The molecule has 1 heterocycles. The van der Waals surface area contributed by atoms with Crippen molar-refractivity contribution in [2.24, 2.45) is 0 Å². The lowest BCUT2D eigenvalue weighted by atomic mass is 10.1. The van der Waals surface area contributed by atoms with Crippen LogP contribution in [0, 0.1) is 0 Å². The molecule has 0 saturated carbocycles. The first-order chi connectivity index (χ1) is 9.82. The number of amides is 1. The molecular formula is C13H16N2O5S. The highest BCUT2D eigenvalue weighted by molar-refractivity contribution is 7.92. The fourth-order valence-electron chi connectivity index (χ4n) is 2.18. The van der Waals surface area contributed by atoms with E-state index >= 15 is 0 Å². The Morgan fingerprint density at radius 3 is 2.71 bits per heavy atom. The van der Waals surface area contributed by atoms with E-state index in [-0.39, 0.29) is 6.54 Å². The third-order valence-corrected chi connectivity index (χ3v) is 4.40.